The predicted molar refractivity (Wildman–Crippen MR) is 83.1 cm³/mol. The Balaban J connectivity index is 2.30. The Kier molecular flexibility index (Phi) is 5.12. The number of benzene rings is 1. The quantitative estimate of drug-likeness (QED) is 0.890. The van der Waals surface area contributed by atoms with E-state index in [9.17, 15) is 0 Å². The fourth-order valence-electron chi connectivity index (χ4n) is 1.79. The Hall–Kier alpha value is -0.980. The van der Waals surface area contributed by atoms with Crippen LogP contribution in [0.4, 0.5) is 0 Å². The van der Waals surface area contributed by atoms with E-state index in [4.69, 9.17) is 11.6 Å². The van der Waals surface area contributed by atoms with Crippen molar-refractivity contribution in [3.63, 3.8) is 0 Å². The third-order valence-corrected chi connectivity index (χ3v) is 3.66. The van der Waals surface area contributed by atoms with Crippen LogP contribution in [0.1, 0.15) is 32.6 Å². The minimum Gasteiger partial charge on any atom is -0.307 e. The van der Waals surface area contributed by atoms with Gasteiger partial charge in [0.1, 0.15) is 0 Å². The molecule has 0 saturated carbocycles. The summed E-state index contributed by atoms with van der Waals surface area (Å²) in [5, 5.41) is 15.9. The summed E-state index contributed by atoms with van der Waals surface area (Å²) >= 11 is 9.67. The van der Waals surface area contributed by atoms with Gasteiger partial charge in [0.25, 0.3) is 0 Å². The zero-order valence-corrected chi connectivity index (χ0v) is 14.0. The lowest BCUT2D eigenvalue weighted by molar-refractivity contribution is 0.475. The van der Waals surface area contributed by atoms with E-state index in [2.05, 4.69) is 50.6 Å². The molecule has 1 aromatic carbocycles. The Labute approximate surface area is 131 Å². The topological polar surface area (TPSA) is 55.6 Å². The number of tetrazole rings is 1. The van der Waals surface area contributed by atoms with Crippen LogP contribution in [0.5, 0.6) is 0 Å². The van der Waals surface area contributed by atoms with Gasteiger partial charge in [-0.3, -0.25) is 0 Å². The van der Waals surface area contributed by atoms with Crippen LogP contribution in [-0.4, -0.2) is 26.8 Å². The average Bonchev–Trinajstić information content (AvgIpc) is 2.88. The van der Waals surface area contributed by atoms with Gasteiger partial charge in [-0.15, -0.1) is 5.10 Å². The largest absolute Gasteiger partial charge is 0.307 e. The molecular formula is C13H17BrClN5. The molecule has 0 bridgehead atoms. The summed E-state index contributed by atoms with van der Waals surface area (Å²) in [5.41, 5.74) is 0.763. The van der Waals surface area contributed by atoms with Crippen molar-refractivity contribution in [1.29, 1.82) is 0 Å². The van der Waals surface area contributed by atoms with Crippen LogP contribution < -0.4 is 5.32 Å². The molecular weight excluding hydrogens is 342 g/mol. The first-order chi connectivity index (χ1) is 9.49. The van der Waals surface area contributed by atoms with Crippen LogP contribution in [0.25, 0.3) is 5.69 Å². The molecule has 0 saturated heterocycles. The first-order valence-electron chi connectivity index (χ1n) is 6.46. The van der Waals surface area contributed by atoms with Crippen molar-refractivity contribution in [1.82, 2.24) is 25.5 Å². The molecule has 5 nitrogen and oxygen atoms in total. The molecule has 1 aromatic heterocycles. The SMILES string of the molecule is CC(C)CNC(C)c1nnnn1-c1cc(Br)ccc1Cl. The molecule has 2 rings (SSSR count). The molecule has 0 fully saturated rings. The smallest absolute Gasteiger partial charge is 0.173 e. The van der Waals surface area contributed by atoms with E-state index in [0.717, 1.165) is 22.5 Å². The number of hydrogen-bond donors (Lipinski definition) is 1. The highest BCUT2D eigenvalue weighted by molar-refractivity contribution is 9.10. The summed E-state index contributed by atoms with van der Waals surface area (Å²) in [6.45, 7) is 7.26. The minimum atomic E-state index is 0.0439. The maximum Gasteiger partial charge on any atom is 0.173 e. The van der Waals surface area contributed by atoms with Gasteiger partial charge in [-0.25, -0.2) is 0 Å². The van der Waals surface area contributed by atoms with Crippen LogP contribution >= 0.6 is 27.5 Å². The fraction of sp³-hybridized carbons (Fsp3) is 0.462. The van der Waals surface area contributed by atoms with Crippen molar-refractivity contribution in [3.8, 4) is 5.69 Å². The number of halogens is 2. The lowest BCUT2D eigenvalue weighted by Crippen LogP contribution is -2.25. The molecule has 1 atom stereocenters. The van der Waals surface area contributed by atoms with Gasteiger partial charge in [0, 0.05) is 4.47 Å². The van der Waals surface area contributed by atoms with E-state index >= 15 is 0 Å². The van der Waals surface area contributed by atoms with Gasteiger partial charge in [0.2, 0.25) is 0 Å². The van der Waals surface area contributed by atoms with Gasteiger partial charge in [0.15, 0.2) is 5.82 Å². The fourth-order valence-corrected chi connectivity index (χ4v) is 2.33. The Bertz CT molecular complexity index is 584. The molecule has 0 spiro atoms. The summed E-state index contributed by atoms with van der Waals surface area (Å²) in [6.07, 6.45) is 0. The van der Waals surface area contributed by atoms with Crippen LogP contribution in [0, 0.1) is 5.92 Å². The van der Waals surface area contributed by atoms with Crippen molar-refractivity contribution in [2.45, 2.75) is 26.8 Å². The highest BCUT2D eigenvalue weighted by Gasteiger charge is 2.17. The van der Waals surface area contributed by atoms with Gasteiger partial charge >= 0.3 is 0 Å². The van der Waals surface area contributed by atoms with Gasteiger partial charge in [-0.05, 0) is 48.0 Å². The molecule has 1 N–H and O–H groups in total. The molecule has 7 heteroatoms. The minimum absolute atomic E-state index is 0.0439. The van der Waals surface area contributed by atoms with E-state index in [-0.39, 0.29) is 6.04 Å². The van der Waals surface area contributed by atoms with E-state index in [1.54, 1.807) is 4.68 Å². The van der Waals surface area contributed by atoms with Gasteiger partial charge in [0.05, 0.1) is 16.8 Å². The summed E-state index contributed by atoms with van der Waals surface area (Å²) < 4.78 is 2.60. The summed E-state index contributed by atoms with van der Waals surface area (Å²) in [5.74, 6) is 1.31. The zero-order valence-electron chi connectivity index (χ0n) is 11.6. The standard InChI is InChI=1S/C13H17BrClN5/c1-8(2)7-16-9(3)13-17-18-19-20(13)12-6-10(14)4-5-11(12)15/h4-6,8-9,16H,7H2,1-3H3. The third-order valence-electron chi connectivity index (χ3n) is 2.85. The highest BCUT2D eigenvalue weighted by atomic mass is 79.9. The lowest BCUT2D eigenvalue weighted by Gasteiger charge is -2.15. The second-order valence-electron chi connectivity index (χ2n) is 5.07. The predicted octanol–water partition coefficient (Wildman–Crippen LogP) is 3.38. The summed E-state index contributed by atoms with van der Waals surface area (Å²) in [7, 11) is 0. The Morgan fingerprint density at radius 2 is 2.10 bits per heavy atom. The normalized spacial score (nSPS) is 12.9. The third kappa shape index (κ3) is 3.56. The van der Waals surface area contributed by atoms with Crippen LogP contribution in [-0.2, 0) is 0 Å². The van der Waals surface area contributed by atoms with Crippen molar-refractivity contribution < 1.29 is 0 Å². The van der Waals surface area contributed by atoms with Crippen molar-refractivity contribution in [2.75, 3.05) is 6.54 Å². The molecule has 0 aliphatic rings. The first-order valence-corrected chi connectivity index (χ1v) is 7.63. The molecule has 108 valence electrons. The first kappa shape index (κ1) is 15.4. The number of hydrogen-bond acceptors (Lipinski definition) is 4. The molecule has 2 aromatic rings. The molecule has 0 aliphatic heterocycles. The Morgan fingerprint density at radius 3 is 2.80 bits per heavy atom. The van der Waals surface area contributed by atoms with Crippen LogP contribution in [0.3, 0.4) is 0 Å². The summed E-state index contributed by atoms with van der Waals surface area (Å²) in [4.78, 5) is 0. The molecule has 0 amide bonds. The molecule has 20 heavy (non-hydrogen) atoms. The van der Waals surface area contributed by atoms with E-state index in [1.165, 1.54) is 0 Å². The zero-order chi connectivity index (χ0) is 14.7. The van der Waals surface area contributed by atoms with Crippen molar-refractivity contribution >= 4 is 27.5 Å². The van der Waals surface area contributed by atoms with E-state index in [1.807, 2.05) is 25.1 Å². The lowest BCUT2D eigenvalue weighted by atomic mass is 10.2. The number of nitrogens with one attached hydrogen (secondary N) is 1. The van der Waals surface area contributed by atoms with Crippen molar-refractivity contribution in [3.05, 3.63) is 33.5 Å². The molecule has 1 unspecified atom stereocenters. The maximum atomic E-state index is 6.23. The van der Waals surface area contributed by atoms with Crippen molar-refractivity contribution in [2.24, 2.45) is 5.92 Å². The maximum absolute atomic E-state index is 6.23. The van der Waals surface area contributed by atoms with Crippen LogP contribution in [0.2, 0.25) is 5.02 Å². The highest BCUT2D eigenvalue weighted by Crippen LogP contribution is 2.25. The van der Waals surface area contributed by atoms with Gasteiger partial charge < -0.3 is 5.32 Å². The number of aromatic nitrogens is 4. The van der Waals surface area contributed by atoms with E-state index in [0.29, 0.717) is 10.9 Å². The van der Waals surface area contributed by atoms with Gasteiger partial charge in [-0.1, -0.05) is 41.4 Å². The molecule has 1 heterocycles. The Morgan fingerprint density at radius 1 is 1.35 bits per heavy atom. The van der Waals surface area contributed by atoms with Gasteiger partial charge in [-0.2, -0.15) is 4.68 Å². The summed E-state index contributed by atoms with van der Waals surface area (Å²) in [6, 6.07) is 5.65. The van der Waals surface area contributed by atoms with Crippen LogP contribution in [0.15, 0.2) is 22.7 Å². The second-order valence-corrected chi connectivity index (χ2v) is 6.39. The monoisotopic (exact) mass is 357 g/mol. The second kappa shape index (κ2) is 6.65. The molecule has 0 aliphatic carbocycles. The molecule has 0 radical (unpaired) electrons. The number of rotatable bonds is 5. The average molecular weight is 359 g/mol. The van der Waals surface area contributed by atoms with E-state index < -0.39 is 0 Å². The number of nitrogens with zero attached hydrogens (tertiary/aromatic N) is 4.